The zero-order valence-electron chi connectivity index (χ0n) is 14.0. The Kier molecular flexibility index (Phi) is 5.31. The van der Waals surface area contributed by atoms with Crippen molar-refractivity contribution in [3.63, 3.8) is 0 Å². The number of hydrogen-bond acceptors (Lipinski definition) is 5. The highest BCUT2D eigenvalue weighted by atomic mass is 32.1. The number of anilines is 3. The molecule has 1 heterocycles. The zero-order valence-corrected chi connectivity index (χ0v) is 14.8. The van der Waals surface area contributed by atoms with Crippen molar-refractivity contribution in [3.8, 4) is 5.75 Å². The normalized spacial score (nSPS) is 11.1. The van der Waals surface area contributed by atoms with Crippen LogP contribution in [-0.4, -0.2) is 17.3 Å². The number of hydrogen-bond donors (Lipinski definition) is 2. The van der Waals surface area contributed by atoms with Gasteiger partial charge in [0.25, 0.3) is 5.91 Å². The van der Waals surface area contributed by atoms with E-state index in [4.69, 9.17) is 0 Å². The molecule has 3 rings (SSSR count). The molecular weight excluding hydrogens is 379 g/mol. The topological polar surface area (TPSA) is 63.2 Å². The van der Waals surface area contributed by atoms with Crippen LogP contribution in [0.25, 0.3) is 0 Å². The number of ether oxygens (including phenoxy) is 1. The predicted molar refractivity (Wildman–Crippen MR) is 97.7 cm³/mol. The van der Waals surface area contributed by atoms with E-state index >= 15 is 0 Å². The van der Waals surface area contributed by atoms with Crippen LogP contribution in [0.5, 0.6) is 5.75 Å². The van der Waals surface area contributed by atoms with Crippen molar-refractivity contribution in [1.82, 2.24) is 4.98 Å². The molecule has 0 atom stereocenters. The highest BCUT2D eigenvalue weighted by molar-refractivity contribution is 7.14. The standard InChI is InChI=1S/C18H14F3N3O2S/c1-11-3-2-4-13(9-11)22-16(25)15-10-27-17(24-15)23-12-5-7-14(8-6-12)26-18(19,20)21/h2-10H,1H3,(H,22,25)(H,23,24). The summed E-state index contributed by atoms with van der Waals surface area (Å²) < 4.78 is 40.3. The van der Waals surface area contributed by atoms with Gasteiger partial charge in [-0.05, 0) is 48.9 Å². The van der Waals surface area contributed by atoms with Crippen molar-refractivity contribution in [3.05, 3.63) is 65.2 Å². The molecule has 1 amide bonds. The van der Waals surface area contributed by atoms with Crippen LogP contribution in [0.1, 0.15) is 16.1 Å². The Morgan fingerprint density at radius 1 is 1.11 bits per heavy atom. The van der Waals surface area contributed by atoms with E-state index < -0.39 is 6.36 Å². The molecule has 0 radical (unpaired) electrons. The number of aryl methyl sites for hydroxylation is 1. The number of rotatable bonds is 5. The van der Waals surface area contributed by atoms with Crippen LogP contribution in [0.2, 0.25) is 0 Å². The van der Waals surface area contributed by atoms with Crippen molar-refractivity contribution in [1.29, 1.82) is 0 Å². The minimum Gasteiger partial charge on any atom is -0.406 e. The van der Waals surface area contributed by atoms with Gasteiger partial charge < -0.3 is 15.4 Å². The molecule has 9 heteroatoms. The van der Waals surface area contributed by atoms with Crippen LogP contribution in [-0.2, 0) is 0 Å². The van der Waals surface area contributed by atoms with E-state index in [-0.39, 0.29) is 17.4 Å². The van der Waals surface area contributed by atoms with E-state index in [0.717, 1.165) is 5.56 Å². The van der Waals surface area contributed by atoms with E-state index in [1.165, 1.54) is 35.6 Å². The van der Waals surface area contributed by atoms with Gasteiger partial charge >= 0.3 is 6.36 Å². The van der Waals surface area contributed by atoms with Crippen molar-refractivity contribution < 1.29 is 22.7 Å². The number of aromatic nitrogens is 1. The molecule has 2 aromatic carbocycles. The summed E-state index contributed by atoms with van der Waals surface area (Å²) in [5.41, 5.74) is 2.44. The smallest absolute Gasteiger partial charge is 0.406 e. The molecule has 27 heavy (non-hydrogen) atoms. The molecule has 0 fully saturated rings. The largest absolute Gasteiger partial charge is 0.573 e. The molecule has 0 bridgehead atoms. The van der Waals surface area contributed by atoms with E-state index in [9.17, 15) is 18.0 Å². The summed E-state index contributed by atoms with van der Waals surface area (Å²) in [6, 6.07) is 12.6. The zero-order chi connectivity index (χ0) is 19.4. The second-order valence-electron chi connectivity index (χ2n) is 5.56. The fraction of sp³-hybridized carbons (Fsp3) is 0.111. The van der Waals surface area contributed by atoms with E-state index in [2.05, 4.69) is 20.4 Å². The fourth-order valence-corrected chi connectivity index (χ4v) is 2.93. The third-order valence-corrected chi connectivity index (χ3v) is 4.11. The number of halogens is 3. The Balaban J connectivity index is 1.63. The van der Waals surface area contributed by atoms with Gasteiger partial charge in [0.05, 0.1) is 0 Å². The van der Waals surface area contributed by atoms with Gasteiger partial charge in [-0.1, -0.05) is 12.1 Å². The maximum absolute atomic E-state index is 12.3. The molecular formula is C18H14F3N3O2S. The molecule has 5 nitrogen and oxygen atoms in total. The number of nitrogens with one attached hydrogen (secondary N) is 2. The minimum atomic E-state index is -4.73. The molecule has 0 spiro atoms. The van der Waals surface area contributed by atoms with Crippen LogP contribution < -0.4 is 15.4 Å². The second kappa shape index (κ2) is 7.67. The number of nitrogens with zero attached hydrogens (tertiary/aromatic N) is 1. The van der Waals surface area contributed by atoms with Gasteiger partial charge in [-0.2, -0.15) is 0 Å². The highest BCUT2D eigenvalue weighted by Crippen LogP contribution is 2.26. The molecule has 0 aliphatic heterocycles. The van der Waals surface area contributed by atoms with Crippen LogP contribution in [0.4, 0.5) is 29.7 Å². The maximum Gasteiger partial charge on any atom is 0.573 e. The summed E-state index contributed by atoms with van der Waals surface area (Å²) in [5.74, 6) is -0.663. The van der Waals surface area contributed by atoms with Crippen molar-refractivity contribution in [2.75, 3.05) is 10.6 Å². The number of thiazole rings is 1. The molecule has 0 saturated heterocycles. The molecule has 2 N–H and O–H groups in total. The summed E-state index contributed by atoms with van der Waals surface area (Å²) >= 11 is 1.21. The van der Waals surface area contributed by atoms with Crippen LogP contribution >= 0.6 is 11.3 Å². The Labute approximate surface area is 156 Å². The summed E-state index contributed by atoms with van der Waals surface area (Å²) in [6.07, 6.45) is -4.73. The first-order valence-corrected chi connectivity index (χ1v) is 8.63. The molecule has 140 valence electrons. The minimum absolute atomic E-state index is 0.237. The Morgan fingerprint density at radius 2 is 1.85 bits per heavy atom. The predicted octanol–water partition coefficient (Wildman–Crippen LogP) is 5.35. The highest BCUT2D eigenvalue weighted by Gasteiger charge is 2.30. The van der Waals surface area contributed by atoms with Crippen LogP contribution in [0.3, 0.4) is 0 Å². The number of carbonyl (C=O) groups is 1. The summed E-state index contributed by atoms with van der Waals surface area (Å²) in [6.45, 7) is 1.92. The fourth-order valence-electron chi connectivity index (χ4n) is 2.22. The lowest BCUT2D eigenvalue weighted by atomic mass is 10.2. The number of carbonyl (C=O) groups excluding carboxylic acids is 1. The molecule has 0 unspecified atom stereocenters. The molecule has 3 aromatic rings. The molecule has 0 aliphatic carbocycles. The first-order valence-electron chi connectivity index (χ1n) is 7.75. The summed E-state index contributed by atoms with van der Waals surface area (Å²) in [5, 5.41) is 7.72. The van der Waals surface area contributed by atoms with Crippen molar-refractivity contribution in [2.24, 2.45) is 0 Å². The van der Waals surface area contributed by atoms with Gasteiger partial charge in [0, 0.05) is 16.8 Å². The van der Waals surface area contributed by atoms with E-state index in [1.54, 1.807) is 11.4 Å². The van der Waals surface area contributed by atoms with Gasteiger partial charge in [-0.25, -0.2) is 4.98 Å². The van der Waals surface area contributed by atoms with Crippen LogP contribution in [0.15, 0.2) is 53.9 Å². The average molecular weight is 393 g/mol. The Morgan fingerprint density at radius 3 is 2.52 bits per heavy atom. The van der Waals surface area contributed by atoms with E-state index in [1.807, 2.05) is 25.1 Å². The molecule has 0 saturated carbocycles. The lowest BCUT2D eigenvalue weighted by Crippen LogP contribution is -2.16. The Bertz CT molecular complexity index is 940. The quantitative estimate of drug-likeness (QED) is 0.614. The molecule has 0 aliphatic rings. The van der Waals surface area contributed by atoms with Gasteiger partial charge in [-0.3, -0.25) is 4.79 Å². The average Bonchev–Trinajstić information content (AvgIpc) is 3.04. The third kappa shape index (κ3) is 5.45. The first kappa shape index (κ1) is 18.7. The summed E-state index contributed by atoms with van der Waals surface area (Å²) in [4.78, 5) is 16.4. The third-order valence-electron chi connectivity index (χ3n) is 3.35. The Hall–Kier alpha value is -3.07. The maximum atomic E-state index is 12.3. The van der Waals surface area contributed by atoms with Crippen LogP contribution in [0, 0.1) is 6.92 Å². The monoisotopic (exact) mass is 393 g/mol. The van der Waals surface area contributed by atoms with Gasteiger partial charge in [0.2, 0.25) is 0 Å². The van der Waals surface area contributed by atoms with E-state index in [0.29, 0.717) is 16.5 Å². The number of benzene rings is 2. The second-order valence-corrected chi connectivity index (χ2v) is 6.42. The first-order chi connectivity index (χ1) is 12.8. The van der Waals surface area contributed by atoms with Gasteiger partial charge in [0.15, 0.2) is 5.13 Å². The lowest BCUT2D eigenvalue weighted by Gasteiger charge is -2.09. The molecule has 1 aromatic heterocycles. The SMILES string of the molecule is Cc1cccc(NC(=O)c2csc(Nc3ccc(OC(F)(F)F)cc3)n2)c1. The van der Waals surface area contributed by atoms with Gasteiger partial charge in [0.1, 0.15) is 11.4 Å². The number of alkyl halides is 3. The number of amides is 1. The summed E-state index contributed by atoms with van der Waals surface area (Å²) in [7, 11) is 0. The van der Waals surface area contributed by atoms with Crippen molar-refractivity contribution >= 4 is 33.8 Å². The van der Waals surface area contributed by atoms with Crippen molar-refractivity contribution in [2.45, 2.75) is 13.3 Å². The lowest BCUT2D eigenvalue weighted by molar-refractivity contribution is -0.274. The van der Waals surface area contributed by atoms with Gasteiger partial charge in [-0.15, -0.1) is 24.5 Å².